The van der Waals surface area contributed by atoms with Gasteiger partial charge in [-0.15, -0.1) is 22.9 Å². The predicted molar refractivity (Wildman–Crippen MR) is 59.1 cm³/mol. The van der Waals surface area contributed by atoms with E-state index in [0.29, 0.717) is 10.8 Å². The summed E-state index contributed by atoms with van der Waals surface area (Å²) < 4.78 is 0. The number of thiazole rings is 1. The number of alkyl halides is 1. The van der Waals surface area contributed by atoms with Gasteiger partial charge < -0.3 is 5.32 Å². The molecule has 5 heteroatoms. The summed E-state index contributed by atoms with van der Waals surface area (Å²) in [5, 5.41) is 3.72. The van der Waals surface area contributed by atoms with Crippen LogP contribution in [0.1, 0.15) is 28.5 Å². The lowest BCUT2D eigenvalue weighted by Gasteiger charge is -2.22. The van der Waals surface area contributed by atoms with Gasteiger partial charge in [0.2, 0.25) is 0 Å². The second-order valence-corrected chi connectivity index (χ2v) is 5.22. The normalized spacial score (nSPS) is 11.4. The van der Waals surface area contributed by atoms with Gasteiger partial charge in [0, 0.05) is 11.4 Å². The highest BCUT2D eigenvalue weighted by molar-refractivity contribution is 7.13. The first-order chi connectivity index (χ1) is 6.44. The van der Waals surface area contributed by atoms with E-state index in [1.807, 2.05) is 20.8 Å². The molecule has 14 heavy (non-hydrogen) atoms. The smallest absolute Gasteiger partial charge is 0.263 e. The van der Waals surface area contributed by atoms with Crippen molar-refractivity contribution < 1.29 is 4.79 Å². The number of carbonyl (C=O) groups excluding carboxylic acids is 1. The zero-order valence-electron chi connectivity index (χ0n) is 8.43. The van der Waals surface area contributed by atoms with Crippen molar-refractivity contribution in [3.8, 4) is 0 Å². The Morgan fingerprint density at radius 2 is 2.36 bits per heavy atom. The molecule has 0 radical (unpaired) electrons. The number of hydrogen-bond acceptors (Lipinski definition) is 3. The van der Waals surface area contributed by atoms with E-state index in [1.165, 1.54) is 11.3 Å². The Morgan fingerprint density at radius 3 is 2.79 bits per heavy atom. The van der Waals surface area contributed by atoms with Crippen molar-refractivity contribution >= 4 is 28.8 Å². The Kier molecular flexibility index (Phi) is 3.50. The Balaban J connectivity index is 2.68. The fraction of sp³-hybridized carbons (Fsp3) is 0.556. The highest BCUT2D eigenvalue weighted by atomic mass is 35.5. The molecular weight excluding hydrogens is 220 g/mol. The zero-order chi connectivity index (χ0) is 10.8. The first kappa shape index (κ1) is 11.5. The second-order valence-electron chi connectivity index (χ2n) is 3.72. The van der Waals surface area contributed by atoms with E-state index < -0.39 is 0 Å². The third-order valence-corrected chi connectivity index (χ3v) is 3.21. The van der Waals surface area contributed by atoms with Crippen molar-refractivity contribution in [2.75, 3.05) is 5.88 Å². The Labute approximate surface area is 92.5 Å². The molecule has 0 atom stereocenters. The lowest BCUT2D eigenvalue weighted by molar-refractivity contribution is 0.0924. The summed E-state index contributed by atoms with van der Waals surface area (Å²) in [6, 6.07) is 0. The van der Waals surface area contributed by atoms with Gasteiger partial charge in [0.25, 0.3) is 5.91 Å². The minimum Gasteiger partial charge on any atom is -0.345 e. The molecule has 0 aliphatic carbocycles. The van der Waals surface area contributed by atoms with Gasteiger partial charge in [-0.25, -0.2) is 4.98 Å². The topological polar surface area (TPSA) is 42.0 Å². The van der Waals surface area contributed by atoms with Crippen LogP contribution in [-0.4, -0.2) is 22.3 Å². The van der Waals surface area contributed by atoms with E-state index in [4.69, 9.17) is 11.6 Å². The van der Waals surface area contributed by atoms with Crippen LogP contribution in [0.25, 0.3) is 0 Å². The van der Waals surface area contributed by atoms with Gasteiger partial charge in [-0.1, -0.05) is 0 Å². The van der Waals surface area contributed by atoms with Gasteiger partial charge in [0.1, 0.15) is 4.88 Å². The number of carbonyl (C=O) groups is 1. The van der Waals surface area contributed by atoms with Crippen LogP contribution >= 0.6 is 22.9 Å². The fourth-order valence-corrected chi connectivity index (χ4v) is 1.61. The molecule has 0 saturated heterocycles. The predicted octanol–water partition coefficient (Wildman–Crippen LogP) is 2.20. The lowest BCUT2D eigenvalue weighted by Crippen LogP contribution is -2.44. The highest BCUT2D eigenvalue weighted by Crippen LogP contribution is 2.13. The maximum atomic E-state index is 11.6. The molecule has 0 saturated carbocycles. The van der Waals surface area contributed by atoms with Crippen LogP contribution in [-0.2, 0) is 0 Å². The third kappa shape index (κ3) is 2.96. The average Bonchev–Trinajstić information content (AvgIpc) is 2.51. The van der Waals surface area contributed by atoms with Crippen LogP contribution in [0.5, 0.6) is 0 Å². The van der Waals surface area contributed by atoms with Crippen LogP contribution in [0.2, 0.25) is 0 Å². The van der Waals surface area contributed by atoms with Crippen LogP contribution < -0.4 is 5.32 Å². The highest BCUT2D eigenvalue weighted by Gasteiger charge is 2.20. The van der Waals surface area contributed by atoms with Gasteiger partial charge in [-0.3, -0.25) is 4.79 Å². The molecule has 0 spiro atoms. The Bertz CT molecular complexity index is 335. The van der Waals surface area contributed by atoms with E-state index in [0.717, 1.165) is 5.01 Å². The number of nitrogens with one attached hydrogen (secondary N) is 1. The van der Waals surface area contributed by atoms with Crippen LogP contribution in [0.15, 0.2) is 6.20 Å². The van der Waals surface area contributed by atoms with Crippen LogP contribution in [0, 0.1) is 6.92 Å². The summed E-state index contributed by atoms with van der Waals surface area (Å²) in [5.41, 5.74) is -0.378. The van der Waals surface area contributed by atoms with Gasteiger partial charge in [0.15, 0.2) is 0 Å². The minimum absolute atomic E-state index is 0.110. The summed E-state index contributed by atoms with van der Waals surface area (Å²) >= 11 is 7.08. The number of halogens is 1. The molecule has 0 bridgehead atoms. The standard InChI is InChI=1S/C9H13ClN2OS/c1-6-11-4-7(14-6)8(13)12-9(2,3)5-10/h4H,5H2,1-3H3,(H,12,13). The average molecular weight is 233 g/mol. The molecular formula is C9H13ClN2OS. The molecule has 78 valence electrons. The van der Waals surface area contributed by atoms with Crippen molar-refractivity contribution in [2.24, 2.45) is 0 Å². The molecule has 0 aliphatic heterocycles. The van der Waals surface area contributed by atoms with Gasteiger partial charge in [-0.05, 0) is 20.8 Å². The first-order valence-corrected chi connectivity index (χ1v) is 5.60. The fourth-order valence-electron chi connectivity index (χ4n) is 0.869. The molecule has 3 nitrogen and oxygen atoms in total. The van der Waals surface area contributed by atoms with E-state index in [-0.39, 0.29) is 11.4 Å². The third-order valence-electron chi connectivity index (χ3n) is 1.63. The van der Waals surface area contributed by atoms with Crippen LogP contribution in [0.4, 0.5) is 0 Å². The minimum atomic E-state index is -0.378. The van der Waals surface area contributed by atoms with Crippen molar-refractivity contribution in [2.45, 2.75) is 26.3 Å². The van der Waals surface area contributed by atoms with Crippen molar-refractivity contribution in [1.29, 1.82) is 0 Å². The van der Waals surface area contributed by atoms with Crippen molar-refractivity contribution in [3.63, 3.8) is 0 Å². The number of rotatable bonds is 3. The quantitative estimate of drug-likeness (QED) is 0.812. The SMILES string of the molecule is Cc1ncc(C(=O)NC(C)(C)CCl)s1. The molecule has 1 aromatic rings. The monoisotopic (exact) mass is 232 g/mol. The summed E-state index contributed by atoms with van der Waals surface area (Å²) in [4.78, 5) is 16.3. The molecule has 0 unspecified atom stereocenters. The maximum Gasteiger partial charge on any atom is 0.263 e. The molecule has 1 aromatic heterocycles. The number of aromatic nitrogens is 1. The first-order valence-electron chi connectivity index (χ1n) is 4.25. The molecule has 0 fully saturated rings. The summed E-state index contributed by atoms with van der Waals surface area (Å²) in [6.45, 7) is 5.63. The Morgan fingerprint density at radius 1 is 1.71 bits per heavy atom. The number of hydrogen-bond donors (Lipinski definition) is 1. The van der Waals surface area contributed by atoms with Gasteiger partial charge in [0.05, 0.1) is 11.2 Å². The zero-order valence-corrected chi connectivity index (χ0v) is 10.00. The lowest BCUT2D eigenvalue weighted by atomic mass is 10.1. The summed E-state index contributed by atoms with van der Waals surface area (Å²) in [5.74, 6) is 0.275. The maximum absolute atomic E-state index is 11.6. The number of amides is 1. The molecule has 1 heterocycles. The van der Waals surface area contributed by atoms with Gasteiger partial charge in [-0.2, -0.15) is 0 Å². The molecule has 1 amide bonds. The van der Waals surface area contributed by atoms with E-state index in [9.17, 15) is 4.79 Å². The van der Waals surface area contributed by atoms with Crippen LogP contribution in [0.3, 0.4) is 0 Å². The summed E-state index contributed by atoms with van der Waals surface area (Å²) in [7, 11) is 0. The van der Waals surface area contributed by atoms with E-state index >= 15 is 0 Å². The molecule has 1 rings (SSSR count). The number of aryl methyl sites for hydroxylation is 1. The second kappa shape index (κ2) is 4.28. The Hall–Kier alpha value is -0.610. The van der Waals surface area contributed by atoms with Gasteiger partial charge >= 0.3 is 0 Å². The summed E-state index contributed by atoms with van der Waals surface area (Å²) in [6.07, 6.45) is 1.58. The van der Waals surface area contributed by atoms with Crippen molar-refractivity contribution in [1.82, 2.24) is 10.3 Å². The largest absolute Gasteiger partial charge is 0.345 e. The van der Waals surface area contributed by atoms with Crippen molar-refractivity contribution in [3.05, 3.63) is 16.1 Å². The molecule has 1 N–H and O–H groups in total. The van der Waals surface area contributed by atoms with E-state index in [2.05, 4.69) is 10.3 Å². The molecule has 0 aliphatic rings. The number of nitrogens with zero attached hydrogens (tertiary/aromatic N) is 1. The molecule has 0 aromatic carbocycles. The van der Waals surface area contributed by atoms with E-state index in [1.54, 1.807) is 6.20 Å².